The molecule has 0 fully saturated rings. The summed E-state index contributed by atoms with van der Waals surface area (Å²) in [5.74, 6) is -4.77. The third-order valence-corrected chi connectivity index (χ3v) is 2.66. The first-order valence-electron chi connectivity index (χ1n) is 6.77. The third kappa shape index (κ3) is 5.69. The molecule has 0 aromatic carbocycles. The van der Waals surface area contributed by atoms with Crippen LogP contribution >= 0.6 is 0 Å². The molecule has 0 bridgehead atoms. The molecule has 3 N–H and O–H groups in total. The van der Waals surface area contributed by atoms with Crippen molar-refractivity contribution < 1.29 is 29.0 Å². The normalized spacial score (nSPS) is 15.1. The van der Waals surface area contributed by atoms with Gasteiger partial charge >= 0.3 is 17.9 Å². The highest BCUT2D eigenvalue weighted by atomic mass is 16.6. The van der Waals surface area contributed by atoms with Crippen LogP contribution in [0.4, 0.5) is 0 Å². The summed E-state index contributed by atoms with van der Waals surface area (Å²) in [6.45, 7) is 6.25. The molecule has 8 nitrogen and oxygen atoms in total. The van der Waals surface area contributed by atoms with Gasteiger partial charge in [-0.25, -0.2) is 9.59 Å². The van der Waals surface area contributed by atoms with Gasteiger partial charge < -0.3 is 20.3 Å². The number of carbonyl (C=O) groups is 3. The maximum Gasteiger partial charge on any atom is 0.338 e. The lowest BCUT2D eigenvalue weighted by molar-refractivity contribution is -0.172. The summed E-state index contributed by atoms with van der Waals surface area (Å²) in [6, 6.07) is 1.69. The molecule has 0 heterocycles. The predicted octanol–water partition coefficient (Wildman–Crippen LogP) is 0.593. The van der Waals surface area contributed by atoms with Crippen LogP contribution in [-0.2, 0) is 23.9 Å². The van der Waals surface area contributed by atoms with E-state index < -0.39 is 47.8 Å². The van der Waals surface area contributed by atoms with Gasteiger partial charge in [0, 0.05) is 12.8 Å². The monoisotopic (exact) mass is 314 g/mol. The predicted molar refractivity (Wildman–Crippen MR) is 75.4 cm³/mol. The Morgan fingerprint density at radius 1 is 1.27 bits per heavy atom. The molecule has 0 rings (SSSR count). The second-order valence-electron chi connectivity index (χ2n) is 5.80. The molecule has 2 atom stereocenters. The molecule has 2 unspecified atom stereocenters. The summed E-state index contributed by atoms with van der Waals surface area (Å²) < 4.78 is 9.85. The Balaban J connectivity index is 5.51. The first kappa shape index (κ1) is 19.9. The number of carbonyl (C=O) groups excluding carboxylic acids is 2. The van der Waals surface area contributed by atoms with Crippen LogP contribution in [-0.4, -0.2) is 40.8 Å². The van der Waals surface area contributed by atoms with Gasteiger partial charge in [-0.2, -0.15) is 5.26 Å². The van der Waals surface area contributed by atoms with E-state index in [-0.39, 0.29) is 6.61 Å². The third-order valence-electron chi connectivity index (χ3n) is 2.66. The average Bonchev–Trinajstić information content (AvgIpc) is 2.35. The number of esters is 2. The molecule has 0 aliphatic rings. The molecule has 0 spiro atoms. The number of carboxylic acids is 1. The second-order valence-corrected chi connectivity index (χ2v) is 5.80. The summed E-state index contributed by atoms with van der Waals surface area (Å²) in [6.07, 6.45) is -0.972. The highest BCUT2D eigenvalue weighted by Gasteiger charge is 2.49. The summed E-state index contributed by atoms with van der Waals surface area (Å²) in [5, 5.41) is 17.7. The minimum Gasteiger partial charge on any atom is -0.481 e. The van der Waals surface area contributed by atoms with E-state index in [0.717, 1.165) is 0 Å². The number of nitriles is 1. The van der Waals surface area contributed by atoms with Crippen molar-refractivity contribution in [2.45, 2.75) is 51.7 Å². The number of carboxylic acid groups (broad SMARTS) is 1. The van der Waals surface area contributed by atoms with Crippen molar-refractivity contribution in [1.82, 2.24) is 0 Å². The van der Waals surface area contributed by atoms with Crippen LogP contribution in [0.2, 0.25) is 0 Å². The molecule has 0 saturated carbocycles. The zero-order chi connectivity index (χ0) is 17.6. The maximum absolute atomic E-state index is 12.2. The van der Waals surface area contributed by atoms with Crippen LogP contribution in [0, 0.1) is 17.2 Å². The number of ether oxygens (including phenoxy) is 2. The second kappa shape index (κ2) is 7.75. The lowest BCUT2D eigenvalue weighted by Gasteiger charge is -2.30. The Morgan fingerprint density at radius 3 is 2.18 bits per heavy atom. The number of nitrogens with zero attached hydrogens (tertiary/aromatic N) is 1. The van der Waals surface area contributed by atoms with E-state index in [1.165, 1.54) is 6.92 Å². The lowest BCUT2D eigenvalue weighted by Crippen LogP contribution is -2.59. The number of hydrogen-bond donors (Lipinski definition) is 2. The lowest BCUT2D eigenvalue weighted by atomic mass is 9.86. The molecular weight excluding hydrogens is 292 g/mol. The highest BCUT2D eigenvalue weighted by Crippen LogP contribution is 2.23. The topological polar surface area (TPSA) is 140 Å². The van der Waals surface area contributed by atoms with Gasteiger partial charge in [0.2, 0.25) is 5.54 Å². The van der Waals surface area contributed by atoms with E-state index in [4.69, 9.17) is 25.6 Å². The van der Waals surface area contributed by atoms with Gasteiger partial charge in [-0.05, 0) is 27.7 Å². The van der Waals surface area contributed by atoms with Gasteiger partial charge in [0.15, 0.2) is 0 Å². The SMILES string of the molecule is CCOC(=O)C(N)(CC(CC#N)C(=O)O)C(=O)OC(C)(C)C. The smallest absolute Gasteiger partial charge is 0.338 e. The van der Waals surface area contributed by atoms with Gasteiger partial charge in [-0.15, -0.1) is 0 Å². The molecule has 22 heavy (non-hydrogen) atoms. The van der Waals surface area contributed by atoms with E-state index in [0.29, 0.717) is 0 Å². The summed E-state index contributed by atoms with van der Waals surface area (Å²) in [4.78, 5) is 35.4. The van der Waals surface area contributed by atoms with Gasteiger partial charge in [0.1, 0.15) is 5.60 Å². The zero-order valence-electron chi connectivity index (χ0n) is 13.2. The molecule has 0 aromatic rings. The van der Waals surface area contributed by atoms with Gasteiger partial charge in [0.05, 0.1) is 18.6 Å². The van der Waals surface area contributed by atoms with E-state index >= 15 is 0 Å². The standard InChI is InChI=1S/C14H22N2O6/c1-5-21-11(19)14(16,12(20)22-13(2,3)4)8-9(6-7-15)10(17)18/h9H,5-6,8,16H2,1-4H3,(H,17,18). The largest absolute Gasteiger partial charge is 0.481 e. The molecule has 0 aliphatic heterocycles. The van der Waals surface area contributed by atoms with E-state index in [2.05, 4.69) is 0 Å². The summed E-state index contributed by atoms with van der Waals surface area (Å²) in [5.41, 5.74) is 2.64. The van der Waals surface area contributed by atoms with E-state index in [1.54, 1.807) is 26.8 Å². The maximum atomic E-state index is 12.2. The van der Waals surface area contributed by atoms with Crippen LogP contribution in [0.1, 0.15) is 40.5 Å². The van der Waals surface area contributed by atoms with Crippen molar-refractivity contribution >= 4 is 17.9 Å². The number of rotatable bonds is 7. The molecule has 0 saturated heterocycles. The summed E-state index contributed by atoms with van der Waals surface area (Å²) >= 11 is 0. The molecule has 8 heteroatoms. The van der Waals surface area contributed by atoms with E-state index in [9.17, 15) is 14.4 Å². The fourth-order valence-electron chi connectivity index (χ4n) is 1.62. The first-order valence-corrected chi connectivity index (χ1v) is 6.77. The molecule has 0 aromatic heterocycles. The van der Waals surface area contributed by atoms with Gasteiger partial charge in [0.25, 0.3) is 0 Å². The molecule has 124 valence electrons. The van der Waals surface area contributed by atoms with Crippen LogP contribution < -0.4 is 5.73 Å². The zero-order valence-corrected chi connectivity index (χ0v) is 13.2. The number of hydrogen-bond acceptors (Lipinski definition) is 7. The van der Waals surface area contributed by atoms with E-state index in [1.807, 2.05) is 0 Å². The van der Waals surface area contributed by atoms with Gasteiger partial charge in [-0.3, -0.25) is 4.79 Å². The molecule has 0 amide bonds. The van der Waals surface area contributed by atoms with Crippen LogP contribution in [0.15, 0.2) is 0 Å². The number of aliphatic carboxylic acids is 1. The molecule has 0 radical (unpaired) electrons. The highest BCUT2D eigenvalue weighted by molar-refractivity contribution is 6.05. The Bertz CT molecular complexity index is 477. The minimum absolute atomic E-state index is 0.0312. The van der Waals surface area contributed by atoms with Crippen molar-refractivity contribution in [1.29, 1.82) is 5.26 Å². The van der Waals surface area contributed by atoms with Crippen LogP contribution in [0.3, 0.4) is 0 Å². The fourth-order valence-corrected chi connectivity index (χ4v) is 1.62. The Kier molecular flexibility index (Phi) is 7.00. The first-order chi connectivity index (χ1) is 9.97. The van der Waals surface area contributed by atoms with Crippen molar-refractivity contribution in [3.8, 4) is 6.07 Å². The fraction of sp³-hybridized carbons (Fsp3) is 0.714. The Labute approximate surface area is 129 Å². The average molecular weight is 314 g/mol. The molecule has 0 aliphatic carbocycles. The van der Waals surface area contributed by atoms with Crippen molar-refractivity contribution in [2.75, 3.05) is 6.61 Å². The van der Waals surface area contributed by atoms with Gasteiger partial charge in [-0.1, -0.05) is 0 Å². The summed E-state index contributed by atoms with van der Waals surface area (Å²) in [7, 11) is 0. The Morgan fingerprint density at radius 2 is 1.82 bits per heavy atom. The van der Waals surface area contributed by atoms with Crippen molar-refractivity contribution in [2.24, 2.45) is 11.7 Å². The minimum atomic E-state index is -2.27. The van der Waals surface area contributed by atoms with Crippen molar-refractivity contribution in [3.05, 3.63) is 0 Å². The Hall–Kier alpha value is -2.14. The van der Waals surface area contributed by atoms with Crippen LogP contribution in [0.25, 0.3) is 0 Å². The van der Waals surface area contributed by atoms with Crippen molar-refractivity contribution in [3.63, 3.8) is 0 Å². The van der Waals surface area contributed by atoms with Crippen LogP contribution in [0.5, 0.6) is 0 Å². The number of nitrogens with two attached hydrogens (primary N) is 1. The quantitative estimate of drug-likeness (QED) is 0.514. The molecular formula is C14H22N2O6.